The minimum atomic E-state index is -0.180. The Labute approximate surface area is 179 Å². The molecule has 0 fully saturated rings. The summed E-state index contributed by atoms with van der Waals surface area (Å²) in [4.78, 5) is 18.0. The lowest BCUT2D eigenvalue weighted by Crippen LogP contribution is -2.19. The molecule has 0 aliphatic carbocycles. The Morgan fingerprint density at radius 3 is 2.30 bits per heavy atom. The number of rotatable bonds is 5. The summed E-state index contributed by atoms with van der Waals surface area (Å²) in [7, 11) is 1.62. The molecule has 150 valence electrons. The first-order valence-corrected chi connectivity index (χ1v) is 9.81. The first kappa shape index (κ1) is 19.7. The van der Waals surface area contributed by atoms with Crippen LogP contribution in [-0.2, 0) is 0 Å². The van der Waals surface area contributed by atoms with Crippen LogP contribution in [0.4, 0.5) is 5.69 Å². The molecule has 1 N–H and O–H groups in total. The van der Waals surface area contributed by atoms with Gasteiger partial charge in [-0.1, -0.05) is 41.9 Å². The molecule has 0 unspecified atom stereocenters. The average molecular weight is 418 g/mol. The van der Waals surface area contributed by atoms with Crippen molar-refractivity contribution < 1.29 is 4.74 Å². The molecule has 0 aliphatic heterocycles. The van der Waals surface area contributed by atoms with Crippen LogP contribution in [0.5, 0.6) is 5.75 Å². The number of nitrogens with zero attached hydrogens (tertiary/aromatic N) is 2. The highest BCUT2D eigenvalue weighted by atomic mass is 35.5. The molecular formula is C24H20ClN3O2. The van der Waals surface area contributed by atoms with Crippen LogP contribution in [0.3, 0.4) is 0 Å². The number of aliphatic imine (C=N–C) groups is 1. The van der Waals surface area contributed by atoms with E-state index in [9.17, 15) is 4.79 Å². The Kier molecular flexibility index (Phi) is 5.55. The maximum absolute atomic E-state index is 13.4. The van der Waals surface area contributed by atoms with Gasteiger partial charge in [-0.25, -0.2) is 4.68 Å². The van der Waals surface area contributed by atoms with Crippen LogP contribution in [0, 0.1) is 0 Å². The van der Waals surface area contributed by atoms with Gasteiger partial charge in [0.05, 0.1) is 40.5 Å². The van der Waals surface area contributed by atoms with E-state index in [-0.39, 0.29) is 5.56 Å². The van der Waals surface area contributed by atoms with Gasteiger partial charge in [0.2, 0.25) is 0 Å². The molecule has 0 aliphatic rings. The summed E-state index contributed by atoms with van der Waals surface area (Å²) in [5.41, 5.74) is 3.78. The predicted octanol–water partition coefficient (Wildman–Crippen LogP) is 5.64. The van der Waals surface area contributed by atoms with Crippen LogP contribution in [-0.4, -0.2) is 22.6 Å². The second-order valence-corrected chi connectivity index (χ2v) is 7.12. The topological polar surface area (TPSA) is 59.4 Å². The molecule has 6 heteroatoms. The van der Waals surface area contributed by atoms with Crippen molar-refractivity contribution in [3.05, 3.63) is 99.8 Å². The smallest absolute Gasteiger partial charge is 0.280 e. The van der Waals surface area contributed by atoms with Crippen LogP contribution in [0.2, 0.25) is 5.02 Å². The maximum Gasteiger partial charge on any atom is 0.280 e. The van der Waals surface area contributed by atoms with E-state index in [1.807, 2.05) is 79.7 Å². The quantitative estimate of drug-likeness (QED) is 0.427. The molecule has 5 nitrogen and oxygen atoms in total. The first-order valence-electron chi connectivity index (χ1n) is 9.43. The minimum absolute atomic E-state index is 0.180. The van der Waals surface area contributed by atoms with Gasteiger partial charge in [-0.2, -0.15) is 0 Å². The van der Waals surface area contributed by atoms with Crippen LogP contribution < -0.4 is 10.3 Å². The third kappa shape index (κ3) is 3.80. The number of nitrogens with one attached hydrogen (secondary N) is 1. The van der Waals surface area contributed by atoms with Gasteiger partial charge < -0.3 is 4.74 Å². The van der Waals surface area contributed by atoms with Crippen molar-refractivity contribution in [2.75, 3.05) is 7.11 Å². The van der Waals surface area contributed by atoms with E-state index in [0.29, 0.717) is 27.7 Å². The summed E-state index contributed by atoms with van der Waals surface area (Å²) in [6.07, 6.45) is 0. The SMILES string of the molecule is COc1ccc(-c2[nH]n(-c3ccccc3)c(=O)c2C(C)=Nc2ccccc2Cl)cc1. The lowest BCUT2D eigenvalue weighted by atomic mass is 10.0. The number of benzene rings is 3. The molecule has 0 spiro atoms. The van der Waals surface area contributed by atoms with E-state index < -0.39 is 0 Å². The van der Waals surface area contributed by atoms with Crippen molar-refractivity contribution in [1.82, 2.24) is 9.78 Å². The van der Waals surface area contributed by atoms with Gasteiger partial charge in [0.25, 0.3) is 5.56 Å². The molecule has 3 aromatic carbocycles. The van der Waals surface area contributed by atoms with E-state index in [2.05, 4.69) is 10.1 Å². The van der Waals surface area contributed by atoms with E-state index in [1.54, 1.807) is 13.2 Å². The molecule has 0 atom stereocenters. The van der Waals surface area contributed by atoms with Gasteiger partial charge >= 0.3 is 0 Å². The molecule has 0 radical (unpaired) electrons. The van der Waals surface area contributed by atoms with Crippen molar-refractivity contribution in [3.8, 4) is 22.7 Å². The molecule has 1 aromatic heterocycles. The second-order valence-electron chi connectivity index (χ2n) is 6.72. The maximum atomic E-state index is 13.4. The number of para-hydroxylation sites is 2. The van der Waals surface area contributed by atoms with Crippen molar-refractivity contribution in [2.45, 2.75) is 6.92 Å². The van der Waals surface area contributed by atoms with Crippen LogP contribution >= 0.6 is 11.6 Å². The van der Waals surface area contributed by atoms with E-state index in [4.69, 9.17) is 16.3 Å². The van der Waals surface area contributed by atoms with Gasteiger partial charge in [0, 0.05) is 5.56 Å². The standard InChI is InChI=1S/C24H20ClN3O2/c1-16(26-21-11-7-6-10-20(21)25)22-23(17-12-14-19(30-2)15-13-17)27-28(24(22)29)18-8-4-3-5-9-18/h3-15,27H,1-2H3. The zero-order valence-corrected chi connectivity index (χ0v) is 17.4. The fourth-order valence-electron chi connectivity index (χ4n) is 3.28. The lowest BCUT2D eigenvalue weighted by Gasteiger charge is -2.05. The Morgan fingerprint density at radius 1 is 0.967 bits per heavy atom. The number of aromatic amines is 1. The molecule has 1 heterocycles. The largest absolute Gasteiger partial charge is 0.497 e. The van der Waals surface area contributed by atoms with Crippen molar-refractivity contribution >= 4 is 23.0 Å². The summed E-state index contributed by atoms with van der Waals surface area (Å²) in [6.45, 7) is 1.82. The second kappa shape index (κ2) is 8.43. The molecular weight excluding hydrogens is 398 g/mol. The Balaban J connectivity index is 1.92. The third-order valence-electron chi connectivity index (χ3n) is 4.79. The normalized spacial score (nSPS) is 11.5. The highest BCUT2D eigenvalue weighted by Gasteiger charge is 2.19. The monoisotopic (exact) mass is 417 g/mol. The molecule has 4 rings (SSSR count). The fourth-order valence-corrected chi connectivity index (χ4v) is 3.46. The van der Waals surface area contributed by atoms with Crippen LogP contribution in [0.25, 0.3) is 16.9 Å². The minimum Gasteiger partial charge on any atom is -0.497 e. The molecule has 0 bridgehead atoms. The van der Waals surface area contributed by atoms with Crippen molar-refractivity contribution in [3.63, 3.8) is 0 Å². The molecule has 0 saturated heterocycles. The molecule has 0 saturated carbocycles. The van der Waals surface area contributed by atoms with Gasteiger partial charge in [0.1, 0.15) is 5.75 Å². The predicted molar refractivity (Wildman–Crippen MR) is 122 cm³/mol. The van der Waals surface area contributed by atoms with E-state index in [1.165, 1.54) is 4.68 Å². The summed E-state index contributed by atoms with van der Waals surface area (Å²) in [6, 6.07) is 24.3. The van der Waals surface area contributed by atoms with Gasteiger partial charge in [-0.3, -0.25) is 14.9 Å². The van der Waals surface area contributed by atoms with E-state index in [0.717, 1.165) is 17.0 Å². The number of aromatic nitrogens is 2. The number of hydrogen-bond acceptors (Lipinski definition) is 3. The highest BCUT2D eigenvalue weighted by molar-refractivity contribution is 6.33. The molecule has 30 heavy (non-hydrogen) atoms. The average Bonchev–Trinajstić information content (AvgIpc) is 3.13. The Bertz CT molecular complexity index is 1260. The third-order valence-corrected chi connectivity index (χ3v) is 5.11. The molecule has 4 aromatic rings. The number of halogens is 1. The van der Waals surface area contributed by atoms with Crippen molar-refractivity contribution in [1.29, 1.82) is 0 Å². The van der Waals surface area contributed by atoms with Crippen molar-refractivity contribution in [2.24, 2.45) is 4.99 Å². The zero-order valence-electron chi connectivity index (χ0n) is 16.6. The Morgan fingerprint density at radius 2 is 1.63 bits per heavy atom. The van der Waals surface area contributed by atoms with Crippen LogP contribution in [0.1, 0.15) is 12.5 Å². The van der Waals surface area contributed by atoms with Gasteiger partial charge in [-0.15, -0.1) is 0 Å². The Hall–Kier alpha value is -3.57. The zero-order chi connectivity index (χ0) is 21.1. The number of methoxy groups -OCH3 is 1. The number of H-pyrrole nitrogens is 1. The summed E-state index contributed by atoms with van der Waals surface area (Å²) < 4.78 is 6.79. The number of hydrogen-bond donors (Lipinski definition) is 1. The molecule has 0 amide bonds. The first-order chi connectivity index (χ1) is 14.6. The number of ether oxygens (including phenoxy) is 1. The van der Waals surface area contributed by atoms with Crippen LogP contribution in [0.15, 0.2) is 88.6 Å². The summed E-state index contributed by atoms with van der Waals surface area (Å²) >= 11 is 6.27. The van der Waals surface area contributed by atoms with Gasteiger partial charge in [0.15, 0.2) is 0 Å². The fraction of sp³-hybridized carbons (Fsp3) is 0.0833. The van der Waals surface area contributed by atoms with E-state index >= 15 is 0 Å². The highest BCUT2D eigenvalue weighted by Crippen LogP contribution is 2.27. The lowest BCUT2D eigenvalue weighted by molar-refractivity contribution is 0.415. The summed E-state index contributed by atoms with van der Waals surface area (Å²) in [5.74, 6) is 0.742. The van der Waals surface area contributed by atoms with Gasteiger partial charge in [-0.05, 0) is 55.5 Å². The summed E-state index contributed by atoms with van der Waals surface area (Å²) in [5, 5.41) is 3.78.